The van der Waals surface area contributed by atoms with Crippen LogP contribution in [0.2, 0.25) is 0 Å². The van der Waals surface area contributed by atoms with Gasteiger partial charge in [-0.1, -0.05) is 18.7 Å². The van der Waals surface area contributed by atoms with Crippen LogP contribution in [0.5, 0.6) is 0 Å². The Kier molecular flexibility index (Phi) is 6.93. The quantitative estimate of drug-likeness (QED) is 0.290. The number of methoxy groups -OCH3 is 1. The average Bonchev–Trinajstić information content (AvgIpc) is 3.07. The summed E-state index contributed by atoms with van der Waals surface area (Å²) in [6.07, 6.45) is 0.725. The predicted molar refractivity (Wildman–Crippen MR) is 112 cm³/mol. The molecule has 11 heteroatoms. The molecule has 0 radical (unpaired) electrons. The third-order valence-electron chi connectivity index (χ3n) is 4.18. The number of hydrogen-bond donors (Lipinski definition) is 1. The maximum atomic E-state index is 12.8. The number of carbonyl (C=O) groups is 1. The van der Waals surface area contributed by atoms with E-state index >= 15 is 0 Å². The van der Waals surface area contributed by atoms with Gasteiger partial charge in [-0.15, -0.1) is 11.8 Å². The second-order valence-electron chi connectivity index (χ2n) is 6.39. The fraction of sp³-hybridized carbons (Fsp3) is 0.389. The van der Waals surface area contributed by atoms with Crippen molar-refractivity contribution in [3.63, 3.8) is 0 Å². The van der Waals surface area contributed by atoms with E-state index in [9.17, 15) is 19.7 Å². The van der Waals surface area contributed by atoms with Crippen molar-refractivity contribution in [2.24, 2.45) is 0 Å². The summed E-state index contributed by atoms with van der Waals surface area (Å²) in [4.78, 5) is 40.6. The van der Waals surface area contributed by atoms with Gasteiger partial charge in [0.2, 0.25) is 5.91 Å². The van der Waals surface area contributed by atoms with Gasteiger partial charge >= 0.3 is 0 Å². The second kappa shape index (κ2) is 9.42. The van der Waals surface area contributed by atoms with Crippen molar-refractivity contribution in [2.45, 2.75) is 35.2 Å². The number of nitro benzene ring substituents is 1. The van der Waals surface area contributed by atoms with Crippen LogP contribution in [-0.2, 0) is 22.5 Å². The highest BCUT2D eigenvalue weighted by Gasteiger charge is 2.26. The Hall–Kier alpha value is -2.37. The second-order valence-corrected chi connectivity index (χ2v) is 8.78. The minimum Gasteiger partial charge on any atom is -0.383 e. The number of rotatable bonds is 8. The van der Waals surface area contributed by atoms with Crippen molar-refractivity contribution in [3.8, 4) is 0 Å². The van der Waals surface area contributed by atoms with Gasteiger partial charge in [-0.25, -0.2) is 4.98 Å². The van der Waals surface area contributed by atoms with E-state index in [0.717, 1.165) is 12.1 Å². The number of fused-ring (bicyclic) bond motifs is 1. The first-order valence-corrected chi connectivity index (χ1v) is 10.7. The molecule has 1 aliphatic rings. The third kappa shape index (κ3) is 5.17. The van der Waals surface area contributed by atoms with E-state index in [1.165, 1.54) is 47.8 Å². The van der Waals surface area contributed by atoms with E-state index in [1.54, 1.807) is 11.7 Å². The Bertz CT molecular complexity index is 977. The van der Waals surface area contributed by atoms with E-state index in [0.29, 0.717) is 34.1 Å². The number of thioether (sulfide) groups is 2. The zero-order valence-electron chi connectivity index (χ0n) is 15.9. The number of carbonyl (C=O) groups excluding carboxylic acids is 1. The van der Waals surface area contributed by atoms with Crippen LogP contribution in [0.15, 0.2) is 39.1 Å². The number of anilines is 1. The van der Waals surface area contributed by atoms with Crippen molar-refractivity contribution in [2.75, 3.05) is 24.8 Å². The van der Waals surface area contributed by atoms with Crippen molar-refractivity contribution < 1.29 is 14.5 Å². The first-order chi connectivity index (χ1) is 13.9. The van der Waals surface area contributed by atoms with Crippen LogP contribution in [0.3, 0.4) is 0 Å². The summed E-state index contributed by atoms with van der Waals surface area (Å²) in [6.45, 7) is 2.77. The zero-order chi connectivity index (χ0) is 21.0. The molecule has 0 bridgehead atoms. The molecule has 1 aliphatic heterocycles. The molecule has 1 aromatic carbocycles. The van der Waals surface area contributed by atoms with Crippen molar-refractivity contribution in [1.29, 1.82) is 0 Å². The number of amides is 1. The fourth-order valence-electron chi connectivity index (χ4n) is 2.81. The number of benzene rings is 1. The summed E-state index contributed by atoms with van der Waals surface area (Å²) in [5, 5.41) is 14.2. The lowest BCUT2D eigenvalue weighted by molar-refractivity contribution is -0.384. The zero-order valence-corrected chi connectivity index (χ0v) is 17.5. The van der Waals surface area contributed by atoms with Crippen LogP contribution >= 0.6 is 23.5 Å². The maximum absolute atomic E-state index is 12.8. The molecule has 154 valence electrons. The van der Waals surface area contributed by atoms with Crippen LogP contribution in [0.4, 0.5) is 11.4 Å². The normalized spacial score (nSPS) is 15.2. The molecule has 0 fully saturated rings. The molecular weight excluding hydrogens is 416 g/mol. The fourth-order valence-corrected chi connectivity index (χ4v) is 4.77. The van der Waals surface area contributed by atoms with E-state index in [1.807, 2.05) is 0 Å². The van der Waals surface area contributed by atoms with Crippen LogP contribution < -0.4 is 10.9 Å². The van der Waals surface area contributed by atoms with E-state index < -0.39 is 4.92 Å². The van der Waals surface area contributed by atoms with Gasteiger partial charge in [-0.2, -0.15) is 0 Å². The number of ether oxygens (including phenoxy) is 1. The minimum atomic E-state index is -0.501. The molecule has 0 aliphatic carbocycles. The molecule has 1 atom stereocenters. The van der Waals surface area contributed by atoms with Crippen LogP contribution in [-0.4, -0.2) is 45.1 Å². The van der Waals surface area contributed by atoms with Crippen molar-refractivity contribution >= 4 is 40.8 Å². The highest BCUT2D eigenvalue weighted by atomic mass is 32.2. The lowest BCUT2D eigenvalue weighted by Crippen LogP contribution is -2.27. The topological polar surface area (TPSA) is 116 Å². The van der Waals surface area contributed by atoms with Gasteiger partial charge in [-0.05, 0) is 12.1 Å². The van der Waals surface area contributed by atoms with Gasteiger partial charge in [0.25, 0.3) is 11.2 Å². The number of nitrogens with one attached hydrogen (secondary N) is 1. The Morgan fingerprint density at radius 3 is 2.83 bits per heavy atom. The summed E-state index contributed by atoms with van der Waals surface area (Å²) >= 11 is 2.71. The van der Waals surface area contributed by atoms with Gasteiger partial charge < -0.3 is 10.1 Å². The van der Waals surface area contributed by atoms with E-state index in [2.05, 4.69) is 17.2 Å². The maximum Gasteiger partial charge on any atom is 0.269 e. The Morgan fingerprint density at radius 1 is 1.45 bits per heavy atom. The molecule has 29 heavy (non-hydrogen) atoms. The number of aromatic nitrogens is 2. The van der Waals surface area contributed by atoms with Crippen molar-refractivity contribution in [1.82, 2.24) is 9.55 Å². The number of hydrogen-bond acceptors (Lipinski definition) is 8. The van der Waals surface area contributed by atoms with Gasteiger partial charge in [0, 0.05) is 36.6 Å². The molecule has 3 rings (SSSR count). The molecule has 9 nitrogen and oxygen atoms in total. The van der Waals surface area contributed by atoms with Gasteiger partial charge in [-0.3, -0.25) is 24.3 Å². The van der Waals surface area contributed by atoms with Crippen LogP contribution in [0, 0.1) is 10.1 Å². The summed E-state index contributed by atoms with van der Waals surface area (Å²) in [6, 6.07) is 5.60. The van der Waals surface area contributed by atoms with Crippen LogP contribution in [0.25, 0.3) is 0 Å². The molecule has 1 amide bonds. The number of nitrogens with zero attached hydrogens (tertiary/aromatic N) is 3. The van der Waals surface area contributed by atoms with Gasteiger partial charge in [0.1, 0.15) is 0 Å². The van der Waals surface area contributed by atoms with E-state index in [-0.39, 0.29) is 22.9 Å². The molecule has 2 heterocycles. The van der Waals surface area contributed by atoms with Gasteiger partial charge in [0.15, 0.2) is 5.16 Å². The first kappa shape index (κ1) is 21.3. The summed E-state index contributed by atoms with van der Waals surface area (Å²) in [5.74, 6) is -0.239. The molecule has 2 aromatic rings. The van der Waals surface area contributed by atoms with Gasteiger partial charge in [0.05, 0.1) is 34.4 Å². The standard InChI is InChI=1S/C18H20N4O5S2/c1-11-9-14-16(29-11)17(24)21(7-8-27-2)18(20-14)28-10-15(23)19-12-3-5-13(6-4-12)22(25)26/h3-6,11H,7-10H2,1-2H3,(H,19,23)/t11-/m1/s1. The largest absolute Gasteiger partial charge is 0.383 e. The molecule has 0 spiro atoms. The smallest absolute Gasteiger partial charge is 0.269 e. The van der Waals surface area contributed by atoms with Crippen LogP contribution in [0.1, 0.15) is 12.6 Å². The predicted octanol–water partition coefficient (Wildman–Crippen LogP) is 2.57. The lowest BCUT2D eigenvalue weighted by atomic mass is 10.2. The summed E-state index contributed by atoms with van der Waals surface area (Å²) < 4.78 is 6.65. The molecular formula is C18H20N4O5S2. The number of non-ortho nitro benzene ring substituents is 1. The number of nitro groups is 1. The molecule has 1 aromatic heterocycles. The summed E-state index contributed by atoms with van der Waals surface area (Å²) in [5.41, 5.74) is 1.10. The molecule has 0 saturated carbocycles. The first-order valence-electron chi connectivity index (χ1n) is 8.85. The molecule has 1 N–H and O–H groups in total. The monoisotopic (exact) mass is 436 g/mol. The minimum absolute atomic E-state index is 0.0472. The Morgan fingerprint density at radius 2 is 2.17 bits per heavy atom. The van der Waals surface area contributed by atoms with E-state index in [4.69, 9.17) is 4.74 Å². The Labute approximate surface area is 175 Å². The SMILES string of the molecule is COCCn1c(SCC(=O)Nc2ccc([N+](=O)[O-])cc2)nc2c(c1=O)S[C@H](C)C2. The van der Waals surface area contributed by atoms with Crippen molar-refractivity contribution in [3.05, 3.63) is 50.4 Å². The average molecular weight is 437 g/mol. The Balaban J connectivity index is 1.71. The highest BCUT2D eigenvalue weighted by molar-refractivity contribution is 8.00. The summed E-state index contributed by atoms with van der Waals surface area (Å²) in [7, 11) is 1.56. The third-order valence-corrected chi connectivity index (χ3v) is 6.37. The molecule has 0 saturated heterocycles. The highest BCUT2D eigenvalue weighted by Crippen LogP contribution is 2.34. The molecule has 0 unspecified atom stereocenters. The lowest BCUT2D eigenvalue weighted by Gasteiger charge is -2.13.